The van der Waals surface area contributed by atoms with Crippen LogP contribution in [0.1, 0.15) is 13.8 Å². The van der Waals surface area contributed by atoms with E-state index in [1.807, 2.05) is 18.2 Å². The zero-order chi connectivity index (χ0) is 12.4. The van der Waals surface area contributed by atoms with E-state index in [9.17, 15) is 0 Å². The summed E-state index contributed by atoms with van der Waals surface area (Å²) >= 11 is 6.20. The van der Waals surface area contributed by atoms with Crippen LogP contribution in [0.25, 0.3) is 5.69 Å². The molecule has 0 unspecified atom stereocenters. The summed E-state index contributed by atoms with van der Waals surface area (Å²) in [6, 6.07) is 7.84. The third-order valence-electron chi connectivity index (χ3n) is 2.27. The zero-order valence-corrected chi connectivity index (χ0v) is 10.6. The molecule has 0 aliphatic carbocycles. The number of nitrogens with zero attached hydrogens (tertiary/aromatic N) is 2. The van der Waals surface area contributed by atoms with Crippen LogP contribution in [-0.2, 0) is 0 Å². The van der Waals surface area contributed by atoms with Crippen LogP contribution in [-0.4, -0.2) is 15.8 Å². The van der Waals surface area contributed by atoms with Gasteiger partial charge in [0.25, 0.3) is 0 Å². The molecule has 0 radical (unpaired) electrons. The lowest BCUT2D eigenvalue weighted by atomic mass is 10.2. The molecule has 5 heteroatoms. The molecule has 0 atom stereocenters. The van der Waals surface area contributed by atoms with Crippen molar-refractivity contribution in [3.05, 3.63) is 35.5 Å². The summed E-state index contributed by atoms with van der Waals surface area (Å²) in [6.45, 7) is 4.14. The summed E-state index contributed by atoms with van der Waals surface area (Å²) in [5, 5.41) is 8.07. The van der Waals surface area contributed by atoms with Gasteiger partial charge in [-0.05, 0) is 32.0 Å². The van der Waals surface area contributed by atoms with Crippen LogP contribution in [0.5, 0.6) is 0 Å². The van der Waals surface area contributed by atoms with E-state index in [0.717, 1.165) is 11.4 Å². The first kappa shape index (κ1) is 11.8. The van der Waals surface area contributed by atoms with Gasteiger partial charge in [0.05, 0.1) is 16.4 Å². The van der Waals surface area contributed by atoms with Crippen molar-refractivity contribution in [1.29, 1.82) is 0 Å². The van der Waals surface area contributed by atoms with Gasteiger partial charge < -0.3 is 11.1 Å². The van der Waals surface area contributed by atoms with Crippen molar-refractivity contribution < 1.29 is 0 Å². The molecule has 1 aromatic carbocycles. The first-order valence-corrected chi connectivity index (χ1v) is 5.81. The van der Waals surface area contributed by atoms with Crippen LogP contribution < -0.4 is 11.1 Å². The summed E-state index contributed by atoms with van der Waals surface area (Å²) in [7, 11) is 0. The van der Waals surface area contributed by atoms with Crippen LogP contribution in [0.15, 0.2) is 30.5 Å². The lowest BCUT2D eigenvalue weighted by Crippen LogP contribution is -2.10. The Morgan fingerprint density at radius 1 is 1.35 bits per heavy atom. The van der Waals surface area contributed by atoms with Gasteiger partial charge in [0.15, 0.2) is 0 Å². The predicted molar refractivity (Wildman–Crippen MR) is 71.7 cm³/mol. The Hall–Kier alpha value is -1.68. The van der Waals surface area contributed by atoms with Gasteiger partial charge in [-0.15, -0.1) is 0 Å². The van der Waals surface area contributed by atoms with Crippen molar-refractivity contribution in [3.63, 3.8) is 0 Å². The normalized spacial score (nSPS) is 10.8. The fraction of sp³-hybridized carbons (Fsp3) is 0.250. The Morgan fingerprint density at radius 2 is 2.12 bits per heavy atom. The minimum Gasteiger partial charge on any atom is -0.382 e. The van der Waals surface area contributed by atoms with Crippen molar-refractivity contribution >= 4 is 23.1 Å². The molecule has 1 heterocycles. The fourth-order valence-electron chi connectivity index (χ4n) is 1.56. The molecule has 0 aliphatic rings. The van der Waals surface area contributed by atoms with E-state index in [2.05, 4.69) is 24.3 Å². The largest absolute Gasteiger partial charge is 0.382 e. The number of anilines is 2. The summed E-state index contributed by atoms with van der Waals surface area (Å²) in [5.74, 6) is 0.491. The maximum Gasteiger partial charge on any atom is 0.145 e. The highest BCUT2D eigenvalue weighted by atomic mass is 35.5. The fourth-order valence-corrected chi connectivity index (χ4v) is 1.79. The third kappa shape index (κ3) is 2.71. The van der Waals surface area contributed by atoms with Gasteiger partial charge in [-0.25, -0.2) is 4.68 Å². The van der Waals surface area contributed by atoms with Gasteiger partial charge in [0, 0.05) is 18.3 Å². The first-order chi connectivity index (χ1) is 8.06. The average molecular weight is 251 g/mol. The van der Waals surface area contributed by atoms with E-state index in [4.69, 9.17) is 17.3 Å². The number of hydrogen-bond donors (Lipinski definition) is 2. The van der Waals surface area contributed by atoms with Crippen molar-refractivity contribution in [2.75, 3.05) is 11.1 Å². The van der Waals surface area contributed by atoms with E-state index < -0.39 is 0 Å². The molecular formula is C12H15ClN4. The van der Waals surface area contributed by atoms with Gasteiger partial charge in [-0.3, -0.25) is 0 Å². The van der Waals surface area contributed by atoms with Crippen LogP contribution in [0.4, 0.5) is 11.5 Å². The number of halogens is 1. The van der Waals surface area contributed by atoms with Crippen molar-refractivity contribution in [2.45, 2.75) is 19.9 Å². The molecule has 2 aromatic rings. The van der Waals surface area contributed by atoms with E-state index in [1.54, 1.807) is 16.9 Å². The maximum atomic E-state index is 6.20. The zero-order valence-electron chi connectivity index (χ0n) is 9.81. The smallest absolute Gasteiger partial charge is 0.145 e. The van der Waals surface area contributed by atoms with E-state index in [1.165, 1.54) is 0 Å². The number of nitrogens with two attached hydrogens (primary N) is 1. The molecular weight excluding hydrogens is 236 g/mol. The maximum absolute atomic E-state index is 6.20. The number of nitrogens with one attached hydrogen (secondary N) is 1. The average Bonchev–Trinajstić information content (AvgIpc) is 2.67. The minimum atomic E-state index is 0.346. The van der Waals surface area contributed by atoms with E-state index in [0.29, 0.717) is 16.9 Å². The second-order valence-electron chi connectivity index (χ2n) is 4.15. The SMILES string of the molecule is CC(C)Nc1ccc(-n2ccc(N)n2)cc1Cl. The highest BCUT2D eigenvalue weighted by molar-refractivity contribution is 6.33. The molecule has 4 nitrogen and oxygen atoms in total. The van der Waals surface area contributed by atoms with E-state index in [-0.39, 0.29) is 0 Å². The number of aromatic nitrogens is 2. The molecule has 3 N–H and O–H groups in total. The molecule has 0 saturated carbocycles. The van der Waals surface area contributed by atoms with Crippen LogP contribution in [0.3, 0.4) is 0 Å². The highest BCUT2D eigenvalue weighted by Gasteiger charge is 2.05. The van der Waals surface area contributed by atoms with E-state index >= 15 is 0 Å². The van der Waals surface area contributed by atoms with Crippen LogP contribution in [0.2, 0.25) is 5.02 Å². The molecule has 0 spiro atoms. The summed E-state index contributed by atoms with van der Waals surface area (Å²) in [5.41, 5.74) is 7.38. The second-order valence-corrected chi connectivity index (χ2v) is 4.56. The Morgan fingerprint density at radius 3 is 2.65 bits per heavy atom. The first-order valence-electron chi connectivity index (χ1n) is 5.44. The van der Waals surface area contributed by atoms with Gasteiger partial charge >= 0.3 is 0 Å². The third-order valence-corrected chi connectivity index (χ3v) is 2.58. The Bertz CT molecular complexity index is 519. The molecule has 0 saturated heterocycles. The molecule has 90 valence electrons. The summed E-state index contributed by atoms with van der Waals surface area (Å²) < 4.78 is 1.69. The summed E-state index contributed by atoms with van der Waals surface area (Å²) in [6.07, 6.45) is 1.80. The highest BCUT2D eigenvalue weighted by Crippen LogP contribution is 2.25. The predicted octanol–water partition coefficient (Wildman–Crippen LogP) is 2.93. The summed E-state index contributed by atoms with van der Waals surface area (Å²) in [4.78, 5) is 0. The van der Waals surface area contributed by atoms with Crippen molar-refractivity contribution in [3.8, 4) is 5.69 Å². The van der Waals surface area contributed by atoms with Gasteiger partial charge in [-0.1, -0.05) is 11.6 Å². The number of hydrogen-bond acceptors (Lipinski definition) is 3. The quantitative estimate of drug-likeness (QED) is 0.881. The van der Waals surface area contributed by atoms with Gasteiger partial charge in [0.1, 0.15) is 5.82 Å². The lowest BCUT2D eigenvalue weighted by Gasteiger charge is -2.12. The van der Waals surface area contributed by atoms with Gasteiger partial charge in [-0.2, -0.15) is 5.10 Å². The molecule has 2 rings (SSSR count). The molecule has 0 fully saturated rings. The molecule has 0 aliphatic heterocycles. The minimum absolute atomic E-state index is 0.346. The Balaban J connectivity index is 2.30. The molecule has 17 heavy (non-hydrogen) atoms. The van der Waals surface area contributed by atoms with Crippen LogP contribution >= 0.6 is 11.6 Å². The Labute approximate surface area is 105 Å². The van der Waals surface area contributed by atoms with Crippen molar-refractivity contribution in [1.82, 2.24) is 9.78 Å². The number of benzene rings is 1. The molecule has 1 aromatic heterocycles. The number of rotatable bonds is 3. The Kier molecular flexibility index (Phi) is 3.24. The topological polar surface area (TPSA) is 55.9 Å². The van der Waals surface area contributed by atoms with Crippen molar-refractivity contribution in [2.24, 2.45) is 0 Å². The second kappa shape index (κ2) is 4.67. The van der Waals surface area contributed by atoms with Gasteiger partial charge in [0.2, 0.25) is 0 Å². The number of nitrogen functional groups attached to an aromatic ring is 1. The lowest BCUT2D eigenvalue weighted by molar-refractivity contribution is 0.882. The molecule has 0 amide bonds. The van der Waals surface area contributed by atoms with Crippen LogP contribution in [0, 0.1) is 0 Å². The standard InChI is InChI=1S/C12H15ClN4/c1-8(2)15-11-4-3-9(7-10(11)13)17-6-5-12(14)16-17/h3-8,15H,1-2H3,(H2,14,16). The monoisotopic (exact) mass is 250 g/mol. The molecule has 0 bridgehead atoms.